The first-order chi connectivity index (χ1) is 12.3. The van der Waals surface area contributed by atoms with E-state index in [4.69, 9.17) is 0 Å². The zero-order valence-electron chi connectivity index (χ0n) is 19.4. The van der Waals surface area contributed by atoms with Gasteiger partial charge in [0.2, 0.25) is 0 Å². The summed E-state index contributed by atoms with van der Waals surface area (Å²) >= 11 is -0.410. The zero-order valence-corrected chi connectivity index (χ0v) is 20.6. The molecule has 0 amide bonds. The van der Waals surface area contributed by atoms with E-state index < -0.39 is 14.1 Å². The second-order valence-corrected chi connectivity index (χ2v) is 12.0. The first-order valence-corrected chi connectivity index (χ1v) is 14.8. The summed E-state index contributed by atoms with van der Waals surface area (Å²) in [5, 5.41) is 4.99. The highest BCUT2D eigenvalue weighted by Crippen LogP contribution is 2.20. The summed E-state index contributed by atoms with van der Waals surface area (Å²) in [6.07, 6.45) is 26.7. The first-order valence-electron chi connectivity index (χ1n) is 12.3. The van der Waals surface area contributed by atoms with Crippen LogP contribution in [-0.2, 0) is 0 Å². The van der Waals surface area contributed by atoms with E-state index in [0.29, 0.717) is 0 Å². The standard InChI is InChI=1S/3C8H17.CH3.Al/c3*1-3-5-7-8-6-4-2;;/h3*1,3-8H2,2H3;1H3;. The van der Waals surface area contributed by atoms with Crippen molar-refractivity contribution in [2.75, 3.05) is 0 Å². The summed E-state index contributed by atoms with van der Waals surface area (Å²) in [6.45, 7) is 6.97. The largest absolute Gasteiger partial charge is 0.261 e. The van der Waals surface area contributed by atoms with Crippen LogP contribution in [0.2, 0.25) is 15.8 Å². The molecule has 0 aromatic heterocycles. The maximum Gasteiger partial charge on any atom is 0.261 e. The lowest BCUT2D eigenvalue weighted by atomic mass is 10.1. The Morgan fingerprint density at radius 1 is 0.346 bits per heavy atom. The minimum atomic E-state index is -0.410. The van der Waals surface area contributed by atoms with Gasteiger partial charge >= 0.3 is 0 Å². The second kappa shape index (κ2) is 25.5. The first kappa shape index (κ1) is 28.7. The smallest absolute Gasteiger partial charge is 0.0939 e. The van der Waals surface area contributed by atoms with Gasteiger partial charge in [-0.2, -0.15) is 0 Å². The van der Waals surface area contributed by atoms with Gasteiger partial charge in [0.25, 0.3) is 14.1 Å². The Morgan fingerprint density at radius 2 is 0.577 bits per heavy atom. The molecule has 0 nitrogen and oxygen atoms in total. The second-order valence-electron chi connectivity index (χ2n) is 8.54. The zero-order chi connectivity index (χ0) is 18.4. The molecule has 0 spiro atoms. The van der Waals surface area contributed by atoms with Gasteiger partial charge in [-0.05, 0) is 0 Å². The van der Waals surface area contributed by atoms with Gasteiger partial charge in [0, 0.05) is 0 Å². The summed E-state index contributed by atoms with van der Waals surface area (Å²) < 4.78 is 0. The van der Waals surface area contributed by atoms with Crippen molar-refractivity contribution in [2.45, 2.75) is 152 Å². The molecule has 0 saturated heterocycles. The lowest BCUT2D eigenvalue weighted by Crippen LogP contribution is -2.12. The van der Waals surface area contributed by atoms with Crippen LogP contribution in [0.15, 0.2) is 0 Å². The molecule has 0 saturated carbocycles. The lowest BCUT2D eigenvalue weighted by molar-refractivity contribution is 0.610. The molecule has 0 bridgehead atoms. The molecule has 157 valence electrons. The van der Waals surface area contributed by atoms with Crippen molar-refractivity contribution < 1.29 is 0 Å². The van der Waals surface area contributed by atoms with Gasteiger partial charge < -0.3 is 0 Å². The van der Waals surface area contributed by atoms with Gasteiger partial charge in [0.05, 0.1) is 0 Å². The third kappa shape index (κ3) is 22.6. The van der Waals surface area contributed by atoms with Crippen LogP contribution in [0.1, 0.15) is 136 Å². The summed E-state index contributed by atoms with van der Waals surface area (Å²) in [5.41, 5.74) is 0. The highest BCUT2D eigenvalue weighted by Gasteiger charge is 2.15. The van der Waals surface area contributed by atoms with Crippen LogP contribution in [0, 0.1) is 7.43 Å². The van der Waals surface area contributed by atoms with Gasteiger partial charge in [0.15, 0.2) is 0 Å². The monoisotopic (exact) mass is 381 g/mol. The van der Waals surface area contributed by atoms with E-state index in [-0.39, 0.29) is 7.43 Å². The summed E-state index contributed by atoms with van der Waals surface area (Å²) in [6, 6.07) is 0. The summed E-state index contributed by atoms with van der Waals surface area (Å²) in [5.74, 6) is 0. The molecule has 26 heavy (non-hydrogen) atoms. The molecule has 0 unspecified atom stereocenters. The maximum absolute atomic E-state index is 2.32. The van der Waals surface area contributed by atoms with E-state index in [1.54, 1.807) is 35.1 Å². The quantitative estimate of drug-likeness (QED) is 0.137. The topological polar surface area (TPSA) is 0 Å². The van der Waals surface area contributed by atoms with E-state index in [9.17, 15) is 0 Å². The number of hydrogen-bond acceptors (Lipinski definition) is 0. The molecule has 0 aliphatic carbocycles. The molecular weight excluding hydrogens is 327 g/mol. The normalized spacial score (nSPS) is 10.7. The molecule has 0 rings (SSSR count). The number of unbranched alkanes of at least 4 members (excludes halogenated alkanes) is 15. The Kier molecular flexibility index (Phi) is 28.2. The SMILES string of the molecule is CCCCCCC[CH2][Al]([CH2]CCCCCCC)[CH2]CCCCCCC.[CH3]. The fourth-order valence-electron chi connectivity index (χ4n) is 4.07. The minimum absolute atomic E-state index is 0. The van der Waals surface area contributed by atoms with Crippen molar-refractivity contribution in [3.8, 4) is 0 Å². The van der Waals surface area contributed by atoms with Gasteiger partial charge in [-0.1, -0.05) is 160 Å². The Morgan fingerprint density at radius 3 is 0.846 bits per heavy atom. The van der Waals surface area contributed by atoms with Crippen molar-refractivity contribution >= 4 is 14.1 Å². The number of rotatable bonds is 21. The molecule has 0 atom stereocenters. The highest BCUT2D eigenvalue weighted by molar-refractivity contribution is 6.58. The van der Waals surface area contributed by atoms with Gasteiger partial charge in [-0.15, -0.1) is 0 Å². The number of hydrogen-bond donors (Lipinski definition) is 0. The van der Waals surface area contributed by atoms with Crippen LogP contribution in [0.4, 0.5) is 0 Å². The predicted octanol–water partition coefficient (Wildman–Crippen LogP) is 10.0. The maximum atomic E-state index is 2.32. The van der Waals surface area contributed by atoms with Crippen LogP contribution in [0.3, 0.4) is 0 Å². The van der Waals surface area contributed by atoms with Crippen LogP contribution in [-0.4, -0.2) is 14.1 Å². The van der Waals surface area contributed by atoms with Crippen LogP contribution in [0.25, 0.3) is 0 Å². The third-order valence-corrected chi connectivity index (χ3v) is 9.57. The average molecular weight is 382 g/mol. The molecule has 1 radical (unpaired) electrons. The van der Waals surface area contributed by atoms with Crippen LogP contribution < -0.4 is 0 Å². The van der Waals surface area contributed by atoms with E-state index >= 15 is 0 Å². The molecule has 0 aromatic rings. The Bertz CT molecular complexity index is 188. The average Bonchev–Trinajstić information content (AvgIpc) is 2.63. The van der Waals surface area contributed by atoms with Crippen molar-refractivity contribution in [2.24, 2.45) is 0 Å². The molecule has 0 aliphatic rings. The van der Waals surface area contributed by atoms with Gasteiger partial charge in [0.1, 0.15) is 0 Å². The molecule has 0 aromatic carbocycles. The third-order valence-electron chi connectivity index (χ3n) is 5.90. The highest BCUT2D eigenvalue weighted by atomic mass is 27.2. The molecule has 0 aliphatic heterocycles. The van der Waals surface area contributed by atoms with E-state index in [1.165, 1.54) is 96.3 Å². The molecular formula is C25H54Al. The predicted molar refractivity (Wildman–Crippen MR) is 127 cm³/mol. The van der Waals surface area contributed by atoms with Crippen LogP contribution >= 0.6 is 0 Å². The van der Waals surface area contributed by atoms with Crippen molar-refractivity contribution in [1.29, 1.82) is 0 Å². The fraction of sp³-hybridized carbons (Fsp3) is 0.960. The van der Waals surface area contributed by atoms with E-state index in [1.807, 2.05) is 0 Å². The van der Waals surface area contributed by atoms with Crippen molar-refractivity contribution in [3.63, 3.8) is 0 Å². The molecule has 0 heterocycles. The van der Waals surface area contributed by atoms with Gasteiger partial charge in [-0.3, -0.25) is 0 Å². The van der Waals surface area contributed by atoms with E-state index in [0.717, 1.165) is 0 Å². The Labute approximate surface area is 173 Å². The lowest BCUT2D eigenvalue weighted by Gasteiger charge is -2.12. The molecule has 0 N–H and O–H groups in total. The Balaban J connectivity index is 0. The van der Waals surface area contributed by atoms with Crippen LogP contribution in [0.5, 0.6) is 0 Å². The minimum Gasteiger partial charge on any atom is -0.0939 e. The summed E-state index contributed by atoms with van der Waals surface area (Å²) in [7, 11) is 0. The Hall–Kier alpha value is 0.532. The van der Waals surface area contributed by atoms with E-state index in [2.05, 4.69) is 20.8 Å². The molecule has 0 fully saturated rings. The molecule has 1 heteroatoms. The van der Waals surface area contributed by atoms with Gasteiger partial charge in [-0.25, -0.2) is 0 Å². The van der Waals surface area contributed by atoms with Crippen molar-refractivity contribution in [1.82, 2.24) is 0 Å². The fourth-order valence-corrected chi connectivity index (χ4v) is 7.54. The summed E-state index contributed by atoms with van der Waals surface area (Å²) in [4.78, 5) is 0. The van der Waals surface area contributed by atoms with Crippen molar-refractivity contribution in [3.05, 3.63) is 7.43 Å².